The second-order valence-electron chi connectivity index (χ2n) is 4.27. The summed E-state index contributed by atoms with van der Waals surface area (Å²) in [4.78, 5) is 24.2. The van der Waals surface area contributed by atoms with Crippen LogP contribution in [0.2, 0.25) is 0 Å². The molecule has 1 aromatic rings. The smallest absolute Gasteiger partial charge is 0.307 e. The molecule has 1 aromatic carbocycles. The molecule has 0 aliphatic carbocycles. The van der Waals surface area contributed by atoms with Crippen molar-refractivity contribution in [1.29, 1.82) is 0 Å². The van der Waals surface area contributed by atoms with Crippen molar-refractivity contribution in [3.63, 3.8) is 0 Å². The number of methoxy groups -OCH3 is 1. The minimum absolute atomic E-state index is 0.0479. The van der Waals surface area contributed by atoms with Crippen molar-refractivity contribution in [3.8, 4) is 0 Å². The molecule has 1 rings (SSSR count). The molecule has 0 bridgehead atoms. The third-order valence-corrected chi connectivity index (χ3v) is 2.85. The van der Waals surface area contributed by atoms with Crippen molar-refractivity contribution >= 4 is 11.9 Å². The average Bonchev–Trinajstić information content (AvgIpc) is 2.43. The van der Waals surface area contributed by atoms with Gasteiger partial charge < -0.3 is 9.64 Å². The molecule has 4 nitrogen and oxygen atoms in total. The zero-order chi connectivity index (χ0) is 14.3. The van der Waals surface area contributed by atoms with Crippen LogP contribution >= 0.6 is 0 Å². The third kappa shape index (κ3) is 5.50. The maximum atomic E-state index is 12.7. The topological polar surface area (TPSA) is 46.6 Å². The van der Waals surface area contributed by atoms with Gasteiger partial charge in [-0.25, -0.2) is 4.39 Å². The highest BCUT2D eigenvalue weighted by molar-refractivity contribution is 5.77. The van der Waals surface area contributed by atoms with E-state index < -0.39 is 0 Å². The lowest BCUT2D eigenvalue weighted by molar-refractivity contribution is -0.141. The summed E-state index contributed by atoms with van der Waals surface area (Å²) in [5.41, 5.74) is 0.913. The van der Waals surface area contributed by atoms with Gasteiger partial charge in [0.25, 0.3) is 0 Å². The van der Waals surface area contributed by atoms with Gasteiger partial charge in [0.2, 0.25) is 5.91 Å². The number of halogens is 1. The highest BCUT2D eigenvalue weighted by atomic mass is 19.1. The zero-order valence-electron chi connectivity index (χ0n) is 11.2. The van der Waals surface area contributed by atoms with E-state index in [4.69, 9.17) is 0 Å². The van der Waals surface area contributed by atoms with E-state index in [0.717, 1.165) is 5.56 Å². The molecule has 0 saturated heterocycles. The van der Waals surface area contributed by atoms with Gasteiger partial charge in [0, 0.05) is 20.0 Å². The van der Waals surface area contributed by atoms with Crippen LogP contribution in [0.4, 0.5) is 4.39 Å². The standard InChI is InChI=1S/C14H18FNO3/c1-16(10-9-14(18)19-2)13(17)8-5-11-3-6-12(15)7-4-11/h3-4,6-7H,5,8-10H2,1-2H3. The van der Waals surface area contributed by atoms with Gasteiger partial charge in [0.15, 0.2) is 0 Å². The Morgan fingerprint density at radius 1 is 1.21 bits per heavy atom. The predicted octanol–water partition coefficient (Wildman–Crippen LogP) is 1.78. The number of amides is 1. The SMILES string of the molecule is COC(=O)CCN(C)C(=O)CCc1ccc(F)cc1. The quantitative estimate of drug-likeness (QED) is 0.738. The summed E-state index contributed by atoms with van der Waals surface area (Å²) in [6.45, 7) is 0.342. The van der Waals surface area contributed by atoms with Gasteiger partial charge in [-0.2, -0.15) is 0 Å². The monoisotopic (exact) mass is 267 g/mol. The Morgan fingerprint density at radius 2 is 1.84 bits per heavy atom. The Balaban J connectivity index is 2.34. The predicted molar refractivity (Wildman–Crippen MR) is 69.0 cm³/mol. The lowest BCUT2D eigenvalue weighted by Gasteiger charge is -2.16. The number of aryl methyl sites for hydroxylation is 1. The minimum atomic E-state index is -0.335. The first-order valence-electron chi connectivity index (χ1n) is 6.08. The van der Waals surface area contributed by atoms with E-state index in [-0.39, 0.29) is 24.1 Å². The molecule has 0 aromatic heterocycles. The normalized spacial score (nSPS) is 10.1. The zero-order valence-corrected chi connectivity index (χ0v) is 11.2. The van der Waals surface area contributed by atoms with Gasteiger partial charge in [-0.05, 0) is 24.1 Å². The van der Waals surface area contributed by atoms with Crippen LogP contribution in [0.1, 0.15) is 18.4 Å². The molecule has 19 heavy (non-hydrogen) atoms. The lowest BCUT2D eigenvalue weighted by Crippen LogP contribution is -2.29. The van der Waals surface area contributed by atoms with Gasteiger partial charge in [0.1, 0.15) is 5.82 Å². The van der Waals surface area contributed by atoms with Gasteiger partial charge in [-0.15, -0.1) is 0 Å². The Kier molecular flexibility index (Phi) is 5.99. The van der Waals surface area contributed by atoms with Crippen molar-refractivity contribution < 1.29 is 18.7 Å². The van der Waals surface area contributed by atoms with E-state index in [9.17, 15) is 14.0 Å². The first-order chi connectivity index (χ1) is 9.02. The van der Waals surface area contributed by atoms with Crippen LogP contribution in [0, 0.1) is 5.82 Å². The Labute approximate surface area is 112 Å². The van der Waals surface area contributed by atoms with Gasteiger partial charge >= 0.3 is 5.97 Å². The molecule has 0 unspecified atom stereocenters. The Bertz CT molecular complexity index is 431. The summed E-state index contributed by atoms with van der Waals surface area (Å²) < 4.78 is 17.2. The fourth-order valence-electron chi connectivity index (χ4n) is 1.58. The fraction of sp³-hybridized carbons (Fsp3) is 0.429. The number of nitrogens with zero attached hydrogens (tertiary/aromatic N) is 1. The summed E-state index contributed by atoms with van der Waals surface area (Å²) in [5, 5.41) is 0. The molecule has 1 amide bonds. The third-order valence-electron chi connectivity index (χ3n) is 2.85. The van der Waals surface area contributed by atoms with Crippen LogP contribution in [0.3, 0.4) is 0 Å². The number of esters is 1. The summed E-state index contributed by atoms with van der Waals surface area (Å²) in [7, 11) is 2.97. The number of carbonyl (C=O) groups is 2. The Morgan fingerprint density at radius 3 is 2.42 bits per heavy atom. The van der Waals surface area contributed by atoms with Gasteiger partial charge in [-0.3, -0.25) is 9.59 Å². The molecule has 0 N–H and O–H groups in total. The summed E-state index contributed by atoms with van der Waals surface area (Å²) in [6, 6.07) is 6.08. The molecule has 5 heteroatoms. The van der Waals surface area contributed by atoms with Crippen molar-refractivity contribution in [2.24, 2.45) is 0 Å². The molecule has 0 saturated carbocycles. The first-order valence-corrected chi connectivity index (χ1v) is 6.08. The number of rotatable bonds is 6. The number of benzene rings is 1. The van der Waals surface area contributed by atoms with Crippen LogP contribution in [0.25, 0.3) is 0 Å². The van der Waals surface area contributed by atoms with Crippen LogP contribution < -0.4 is 0 Å². The van der Waals surface area contributed by atoms with Crippen LogP contribution in [0.15, 0.2) is 24.3 Å². The lowest BCUT2D eigenvalue weighted by atomic mass is 10.1. The van der Waals surface area contributed by atoms with E-state index in [1.807, 2.05) is 0 Å². The van der Waals surface area contributed by atoms with Crippen molar-refractivity contribution in [2.45, 2.75) is 19.3 Å². The number of hydrogen-bond donors (Lipinski definition) is 0. The van der Waals surface area contributed by atoms with Gasteiger partial charge in [-0.1, -0.05) is 12.1 Å². The van der Waals surface area contributed by atoms with E-state index in [1.165, 1.54) is 24.1 Å². The van der Waals surface area contributed by atoms with E-state index in [0.29, 0.717) is 19.4 Å². The van der Waals surface area contributed by atoms with Crippen molar-refractivity contribution in [1.82, 2.24) is 4.90 Å². The molecular formula is C14H18FNO3. The average molecular weight is 267 g/mol. The van der Waals surface area contributed by atoms with Crippen LogP contribution in [0.5, 0.6) is 0 Å². The fourth-order valence-corrected chi connectivity index (χ4v) is 1.58. The summed E-state index contributed by atoms with van der Waals surface area (Å²) >= 11 is 0. The summed E-state index contributed by atoms with van der Waals surface area (Å²) in [6.07, 6.45) is 1.08. The van der Waals surface area contributed by atoms with E-state index in [1.54, 1.807) is 19.2 Å². The molecule has 0 spiro atoms. The molecule has 0 atom stereocenters. The van der Waals surface area contributed by atoms with Crippen molar-refractivity contribution in [3.05, 3.63) is 35.6 Å². The largest absolute Gasteiger partial charge is 0.469 e. The van der Waals surface area contributed by atoms with Crippen LogP contribution in [-0.4, -0.2) is 37.5 Å². The molecule has 0 fully saturated rings. The Hall–Kier alpha value is -1.91. The molecule has 0 radical (unpaired) electrons. The first kappa shape index (κ1) is 15.1. The number of hydrogen-bond acceptors (Lipinski definition) is 3. The van der Waals surface area contributed by atoms with Crippen LogP contribution in [-0.2, 0) is 20.7 Å². The van der Waals surface area contributed by atoms with Crippen molar-refractivity contribution in [2.75, 3.05) is 20.7 Å². The van der Waals surface area contributed by atoms with E-state index >= 15 is 0 Å². The molecule has 104 valence electrons. The molecule has 0 aliphatic heterocycles. The maximum absolute atomic E-state index is 12.7. The molecule has 0 heterocycles. The molecule has 0 aliphatic rings. The second kappa shape index (κ2) is 7.51. The highest BCUT2D eigenvalue weighted by Gasteiger charge is 2.10. The molecular weight excluding hydrogens is 249 g/mol. The van der Waals surface area contributed by atoms with Gasteiger partial charge in [0.05, 0.1) is 13.5 Å². The summed E-state index contributed by atoms with van der Waals surface area (Å²) in [5.74, 6) is -0.670. The second-order valence-corrected chi connectivity index (χ2v) is 4.27. The number of ether oxygens (including phenoxy) is 1. The minimum Gasteiger partial charge on any atom is -0.469 e. The number of carbonyl (C=O) groups excluding carboxylic acids is 2. The van der Waals surface area contributed by atoms with E-state index in [2.05, 4.69) is 4.74 Å². The highest BCUT2D eigenvalue weighted by Crippen LogP contribution is 2.06. The maximum Gasteiger partial charge on any atom is 0.307 e.